The SMILES string of the molecule is CN(Cc1ccco1)C(=O)[C@H](Cc1ccccc1)NC(=O)c1cccs1. The lowest BCUT2D eigenvalue weighted by atomic mass is 10.0. The summed E-state index contributed by atoms with van der Waals surface area (Å²) in [6.45, 7) is 0.353. The van der Waals surface area contributed by atoms with Crippen LogP contribution in [0.3, 0.4) is 0 Å². The van der Waals surface area contributed by atoms with Gasteiger partial charge in [-0.1, -0.05) is 36.4 Å². The van der Waals surface area contributed by atoms with Gasteiger partial charge < -0.3 is 14.6 Å². The highest BCUT2D eigenvalue weighted by atomic mass is 32.1. The molecule has 5 nitrogen and oxygen atoms in total. The lowest BCUT2D eigenvalue weighted by Crippen LogP contribution is -2.48. The van der Waals surface area contributed by atoms with Gasteiger partial charge in [-0.15, -0.1) is 11.3 Å². The van der Waals surface area contributed by atoms with Crippen LogP contribution in [0.2, 0.25) is 0 Å². The first-order valence-electron chi connectivity index (χ1n) is 8.29. The quantitative estimate of drug-likeness (QED) is 0.696. The van der Waals surface area contributed by atoms with Crippen molar-refractivity contribution in [1.82, 2.24) is 10.2 Å². The molecule has 0 aliphatic heterocycles. The van der Waals surface area contributed by atoms with Crippen LogP contribution in [0.25, 0.3) is 0 Å². The first-order chi connectivity index (χ1) is 12.6. The number of rotatable bonds is 7. The number of benzene rings is 1. The van der Waals surface area contributed by atoms with E-state index in [1.54, 1.807) is 30.3 Å². The predicted molar refractivity (Wildman–Crippen MR) is 101 cm³/mol. The molecule has 0 bridgehead atoms. The van der Waals surface area contributed by atoms with Gasteiger partial charge in [-0.05, 0) is 29.1 Å². The third-order valence-electron chi connectivity index (χ3n) is 3.98. The first-order valence-corrected chi connectivity index (χ1v) is 9.17. The summed E-state index contributed by atoms with van der Waals surface area (Å²) < 4.78 is 5.31. The maximum Gasteiger partial charge on any atom is 0.262 e. The minimum absolute atomic E-state index is 0.157. The van der Waals surface area contributed by atoms with Crippen molar-refractivity contribution < 1.29 is 14.0 Å². The third kappa shape index (κ3) is 4.61. The summed E-state index contributed by atoms with van der Waals surface area (Å²) in [6.07, 6.45) is 2.01. The molecule has 0 unspecified atom stereocenters. The molecule has 0 saturated carbocycles. The van der Waals surface area contributed by atoms with Crippen molar-refractivity contribution in [2.24, 2.45) is 0 Å². The second kappa shape index (κ2) is 8.49. The molecule has 1 N–H and O–H groups in total. The van der Waals surface area contributed by atoms with Gasteiger partial charge in [-0.3, -0.25) is 9.59 Å². The van der Waals surface area contributed by atoms with Crippen LogP contribution in [0.5, 0.6) is 0 Å². The molecule has 0 radical (unpaired) electrons. The maximum atomic E-state index is 13.0. The summed E-state index contributed by atoms with van der Waals surface area (Å²) in [4.78, 5) is 27.6. The van der Waals surface area contributed by atoms with Gasteiger partial charge in [0.15, 0.2) is 0 Å². The van der Waals surface area contributed by atoms with Gasteiger partial charge in [0.05, 0.1) is 17.7 Å². The predicted octanol–water partition coefficient (Wildman–Crippen LogP) is 3.34. The van der Waals surface area contributed by atoms with Crippen LogP contribution in [0.4, 0.5) is 0 Å². The number of carbonyl (C=O) groups excluding carboxylic acids is 2. The van der Waals surface area contributed by atoms with Crippen LogP contribution in [0, 0.1) is 0 Å². The monoisotopic (exact) mass is 368 g/mol. The third-order valence-corrected chi connectivity index (χ3v) is 4.85. The Morgan fingerprint density at radius 2 is 1.92 bits per heavy atom. The molecular weight excluding hydrogens is 348 g/mol. The van der Waals surface area contributed by atoms with Crippen molar-refractivity contribution in [3.8, 4) is 0 Å². The Morgan fingerprint density at radius 1 is 1.12 bits per heavy atom. The van der Waals surface area contributed by atoms with E-state index in [1.807, 2.05) is 47.8 Å². The Kier molecular flexibility index (Phi) is 5.86. The Morgan fingerprint density at radius 3 is 2.58 bits per heavy atom. The van der Waals surface area contributed by atoms with Crippen LogP contribution < -0.4 is 5.32 Å². The molecule has 2 heterocycles. The number of hydrogen-bond acceptors (Lipinski definition) is 4. The fraction of sp³-hybridized carbons (Fsp3) is 0.200. The van der Waals surface area contributed by atoms with E-state index in [-0.39, 0.29) is 11.8 Å². The number of nitrogens with one attached hydrogen (secondary N) is 1. The number of nitrogens with zero attached hydrogens (tertiary/aromatic N) is 1. The summed E-state index contributed by atoms with van der Waals surface area (Å²) in [5, 5.41) is 4.72. The fourth-order valence-corrected chi connectivity index (χ4v) is 3.29. The standard InChI is InChI=1S/C20H20N2O3S/c1-22(14-16-9-5-11-25-16)20(24)17(13-15-7-3-2-4-8-15)21-19(23)18-10-6-12-26-18/h2-12,17H,13-14H2,1H3,(H,21,23)/t17-/m0/s1. The van der Waals surface area contributed by atoms with Crippen LogP contribution in [0.15, 0.2) is 70.7 Å². The number of furan rings is 1. The molecule has 0 spiro atoms. The molecule has 0 saturated heterocycles. The number of likely N-dealkylation sites (N-methyl/N-ethyl adjacent to an activating group) is 1. The van der Waals surface area contributed by atoms with E-state index in [1.165, 1.54) is 11.3 Å². The maximum absolute atomic E-state index is 13.0. The van der Waals surface area contributed by atoms with Crippen LogP contribution >= 0.6 is 11.3 Å². The van der Waals surface area contributed by atoms with E-state index in [2.05, 4.69) is 5.32 Å². The summed E-state index contributed by atoms with van der Waals surface area (Å²) in [7, 11) is 1.71. The molecule has 6 heteroatoms. The normalized spacial score (nSPS) is 11.7. The molecule has 0 fully saturated rings. The van der Waals surface area contributed by atoms with E-state index < -0.39 is 6.04 Å². The largest absolute Gasteiger partial charge is 0.467 e. The molecule has 1 atom stereocenters. The van der Waals surface area contributed by atoms with Gasteiger partial charge in [0, 0.05) is 13.5 Å². The highest BCUT2D eigenvalue weighted by molar-refractivity contribution is 7.12. The molecule has 0 aliphatic rings. The smallest absolute Gasteiger partial charge is 0.262 e. The number of thiophene rings is 1. The number of amides is 2. The van der Waals surface area contributed by atoms with Crippen molar-refractivity contribution in [2.75, 3.05) is 7.05 Å². The molecule has 134 valence electrons. The minimum Gasteiger partial charge on any atom is -0.467 e. The molecule has 3 aromatic rings. The van der Waals surface area contributed by atoms with Gasteiger partial charge in [-0.25, -0.2) is 0 Å². The second-order valence-corrected chi connectivity index (χ2v) is 6.91. The van der Waals surface area contributed by atoms with Gasteiger partial charge in [0.2, 0.25) is 5.91 Å². The van der Waals surface area contributed by atoms with Crippen molar-refractivity contribution in [3.05, 3.63) is 82.4 Å². The highest BCUT2D eigenvalue weighted by Crippen LogP contribution is 2.12. The van der Waals surface area contributed by atoms with Crippen molar-refractivity contribution >= 4 is 23.2 Å². The van der Waals surface area contributed by atoms with E-state index in [9.17, 15) is 9.59 Å². The number of carbonyl (C=O) groups is 2. The zero-order chi connectivity index (χ0) is 18.4. The van der Waals surface area contributed by atoms with Crippen molar-refractivity contribution in [2.45, 2.75) is 19.0 Å². The molecule has 2 amide bonds. The molecular formula is C20H20N2O3S. The van der Waals surface area contributed by atoms with Crippen molar-refractivity contribution in [3.63, 3.8) is 0 Å². The van der Waals surface area contributed by atoms with Gasteiger partial charge in [0.25, 0.3) is 5.91 Å². The lowest BCUT2D eigenvalue weighted by Gasteiger charge is -2.24. The Balaban J connectivity index is 1.74. The lowest BCUT2D eigenvalue weighted by molar-refractivity contribution is -0.132. The van der Waals surface area contributed by atoms with Crippen LogP contribution in [0.1, 0.15) is 21.0 Å². The average molecular weight is 368 g/mol. The summed E-state index contributed by atoms with van der Waals surface area (Å²) in [5.41, 5.74) is 0.990. The summed E-state index contributed by atoms with van der Waals surface area (Å²) in [5.74, 6) is 0.305. The Bertz CT molecular complexity index is 829. The Hall–Kier alpha value is -2.86. The molecule has 3 rings (SSSR count). The fourth-order valence-electron chi connectivity index (χ4n) is 2.67. The molecule has 0 aliphatic carbocycles. The minimum atomic E-state index is -0.646. The van der Waals surface area contributed by atoms with Gasteiger partial charge in [-0.2, -0.15) is 0 Å². The number of hydrogen-bond donors (Lipinski definition) is 1. The van der Waals surface area contributed by atoms with Crippen LogP contribution in [-0.4, -0.2) is 29.8 Å². The van der Waals surface area contributed by atoms with Crippen molar-refractivity contribution in [1.29, 1.82) is 0 Å². The van der Waals surface area contributed by atoms with E-state index in [0.29, 0.717) is 23.6 Å². The summed E-state index contributed by atoms with van der Waals surface area (Å²) in [6, 6.07) is 16.2. The summed E-state index contributed by atoms with van der Waals surface area (Å²) >= 11 is 1.35. The van der Waals surface area contributed by atoms with Gasteiger partial charge >= 0.3 is 0 Å². The topological polar surface area (TPSA) is 62.6 Å². The second-order valence-electron chi connectivity index (χ2n) is 5.97. The molecule has 1 aromatic carbocycles. The van der Waals surface area contributed by atoms with E-state index in [4.69, 9.17) is 4.42 Å². The first kappa shape index (κ1) is 17.9. The zero-order valence-corrected chi connectivity index (χ0v) is 15.2. The molecule has 26 heavy (non-hydrogen) atoms. The van der Waals surface area contributed by atoms with E-state index >= 15 is 0 Å². The molecule has 2 aromatic heterocycles. The average Bonchev–Trinajstić information content (AvgIpc) is 3.35. The van der Waals surface area contributed by atoms with Crippen LogP contribution in [-0.2, 0) is 17.8 Å². The van der Waals surface area contributed by atoms with E-state index in [0.717, 1.165) is 5.56 Å². The Labute approximate surface area is 156 Å². The highest BCUT2D eigenvalue weighted by Gasteiger charge is 2.25. The van der Waals surface area contributed by atoms with Gasteiger partial charge in [0.1, 0.15) is 11.8 Å². The zero-order valence-electron chi connectivity index (χ0n) is 14.4.